The highest BCUT2D eigenvalue weighted by Crippen LogP contribution is 2.22. The summed E-state index contributed by atoms with van der Waals surface area (Å²) in [7, 11) is 0. The van der Waals surface area contributed by atoms with Crippen LogP contribution in [0.5, 0.6) is 0 Å². The average Bonchev–Trinajstić information content (AvgIpc) is 2.42. The molecule has 0 saturated heterocycles. The number of unbranched alkanes of at least 4 members (excludes halogenated alkanes) is 1. The van der Waals surface area contributed by atoms with Crippen LogP contribution in [0.2, 0.25) is 0 Å². The van der Waals surface area contributed by atoms with Crippen LogP contribution in [0.4, 0.5) is 0 Å². The van der Waals surface area contributed by atoms with Gasteiger partial charge in [-0.1, -0.05) is 33.6 Å². The van der Waals surface area contributed by atoms with E-state index in [-0.39, 0.29) is 30.3 Å². The monoisotopic (exact) mass is 364 g/mol. The number of aliphatic carboxylic acids is 2. The molecule has 0 amide bonds. The van der Waals surface area contributed by atoms with Crippen molar-refractivity contribution < 1.29 is 39.6 Å². The van der Waals surface area contributed by atoms with Crippen molar-refractivity contribution in [3.8, 4) is 0 Å². The zero-order valence-corrected chi connectivity index (χ0v) is 15.7. The Kier molecular flexibility index (Phi) is 17.6. The molecule has 4 N–H and O–H groups in total. The highest BCUT2D eigenvalue weighted by atomic mass is 16.5. The van der Waals surface area contributed by atoms with Gasteiger partial charge < -0.3 is 20.4 Å². The van der Waals surface area contributed by atoms with Crippen molar-refractivity contribution in [2.24, 2.45) is 5.92 Å². The first kappa shape index (κ1) is 28.0. The van der Waals surface area contributed by atoms with Crippen molar-refractivity contribution in [3.63, 3.8) is 0 Å². The van der Waals surface area contributed by atoms with Crippen molar-refractivity contribution in [2.45, 2.75) is 78.9 Å². The van der Waals surface area contributed by atoms with Crippen LogP contribution >= 0.6 is 0 Å². The third-order valence-electron chi connectivity index (χ3n) is 3.10. The molecule has 0 aromatic carbocycles. The van der Waals surface area contributed by atoms with E-state index in [0.717, 1.165) is 19.3 Å². The number of carbonyl (C=O) groups excluding carboxylic acids is 2. The number of aliphatic hydroxyl groups is 2. The van der Waals surface area contributed by atoms with Gasteiger partial charge in [0.25, 0.3) is 0 Å². The van der Waals surface area contributed by atoms with Crippen molar-refractivity contribution in [3.05, 3.63) is 0 Å². The van der Waals surface area contributed by atoms with Crippen molar-refractivity contribution in [1.29, 1.82) is 0 Å². The third kappa shape index (κ3) is 24.6. The fourth-order valence-corrected chi connectivity index (χ4v) is 1.52. The zero-order chi connectivity index (χ0) is 20.6. The van der Waals surface area contributed by atoms with Gasteiger partial charge in [0.15, 0.2) is 5.79 Å². The fourth-order valence-electron chi connectivity index (χ4n) is 1.52. The number of hydrogen-bond donors (Lipinski definition) is 4. The van der Waals surface area contributed by atoms with E-state index >= 15 is 0 Å². The lowest BCUT2D eigenvalue weighted by molar-refractivity contribution is -0.199. The predicted molar refractivity (Wildman–Crippen MR) is 92.0 cm³/mol. The largest absolute Gasteiger partial charge is 0.481 e. The van der Waals surface area contributed by atoms with E-state index in [1.54, 1.807) is 6.92 Å². The number of Topliss-reactive ketones (excluding diaryl/α,β-unsaturated/α-hetero) is 2. The number of hydrogen-bond acceptors (Lipinski definition) is 6. The summed E-state index contributed by atoms with van der Waals surface area (Å²) in [6.45, 7) is 8.28. The summed E-state index contributed by atoms with van der Waals surface area (Å²) in [5.41, 5.74) is 0. The summed E-state index contributed by atoms with van der Waals surface area (Å²) in [5, 5.41) is 34.5. The summed E-state index contributed by atoms with van der Waals surface area (Å²) in [6.07, 6.45) is 2.78. The Labute approximate surface area is 148 Å². The molecule has 0 aliphatic rings. The normalized spacial score (nSPS) is 11.2. The molecular weight excluding hydrogens is 332 g/mol. The average molecular weight is 364 g/mol. The number of ketones is 2. The summed E-state index contributed by atoms with van der Waals surface area (Å²) < 4.78 is 0. The maximum atomic E-state index is 9.87. The molecule has 0 heterocycles. The molecule has 0 aromatic heterocycles. The first-order valence-electron chi connectivity index (χ1n) is 8.17. The quantitative estimate of drug-likeness (QED) is 0.358. The molecule has 0 radical (unpaired) electrons. The number of rotatable bonds is 9. The van der Waals surface area contributed by atoms with Gasteiger partial charge in [0.2, 0.25) is 0 Å². The van der Waals surface area contributed by atoms with Gasteiger partial charge in [-0.2, -0.15) is 0 Å². The second kappa shape index (κ2) is 15.7. The van der Waals surface area contributed by atoms with E-state index in [1.807, 2.05) is 6.92 Å². The van der Waals surface area contributed by atoms with E-state index in [0.29, 0.717) is 6.42 Å². The molecule has 8 nitrogen and oxygen atoms in total. The maximum absolute atomic E-state index is 9.87. The van der Waals surface area contributed by atoms with Crippen LogP contribution in [0.15, 0.2) is 0 Å². The van der Waals surface area contributed by atoms with Gasteiger partial charge in [-0.15, -0.1) is 0 Å². The van der Waals surface area contributed by atoms with E-state index < -0.39 is 17.7 Å². The van der Waals surface area contributed by atoms with Crippen LogP contribution < -0.4 is 0 Å². The smallest absolute Gasteiger partial charge is 0.310 e. The van der Waals surface area contributed by atoms with Crippen LogP contribution in [-0.2, 0) is 19.2 Å². The number of carboxylic acid groups (broad SMARTS) is 2. The highest BCUT2D eigenvalue weighted by Gasteiger charge is 2.27. The second-order valence-electron chi connectivity index (χ2n) is 5.82. The minimum atomic E-state index is -1.45. The molecule has 0 spiro atoms. The Balaban J connectivity index is -0.000000304. The van der Waals surface area contributed by atoms with Crippen molar-refractivity contribution in [1.82, 2.24) is 0 Å². The summed E-state index contributed by atoms with van der Waals surface area (Å²) in [5.74, 6) is -4.21. The van der Waals surface area contributed by atoms with Crippen LogP contribution in [0.1, 0.15) is 73.1 Å². The minimum absolute atomic E-state index is 0.00699. The Morgan fingerprint density at radius 1 is 0.880 bits per heavy atom. The van der Waals surface area contributed by atoms with E-state index in [1.165, 1.54) is 13.8 Å². The first-order chi connectivity index (χ1) is 11.3. The molecule has 0 saturated carbocycles. The van der Waals surface area contributed by atoms with Crippen LogP contribution in [-0.4, -0.2) is 49.7 Å². The van der Waals surface area contributed by atoms with Gasteiger partial charge in [0, 0.05) is 5.92 Å². The Hall–Kier alpha value is -1.80. The van der Waals surface area contributed by atoms with Gasteiger partial charge in [-0.3, -0.25) is 19.2 Å². The Morgan fingerprint density at radius 2 is 1.24 bits per heavy atom. The molecule has 0 fully saturated rings. The van der Waals surface area contributed by atoms with E-state index in [4.69, 9.17) is 10.2 Å². The zero-order valence-electron chi connectivity index (χ0n) is 15.7. The molecule has 8 heteroatoms. The van der Waals surface area contributed by atoms with Gasteiger partial charge >= 0.3 is 11.9 Å². The lowest BCUT2D eigenvalue weighted by Gasteiger charge is -2.27. The lowest BCUT2D eigenvalue weighted by Crippen LogP contribution is -2.35. The molecule has 0 bridgehead atoms. The molecular formula is C17H32O8. The van der Waals surface area contributed by atoms with Crippen LogP contribution in [0.3, 0.4) is 0 Å². The first-order valence-corrected chi connectivity index (χ1v) is 8.17. The summed E-state index contributed by atoms with van der Waals surface area (Å²) in [4.78, 5) is 38.9. The standard InChI is InChI=1S/C9H20O2.2C4H6O3/c1-4-6-7-8(3)9(10,11)5-2;2*1-3(5)2-4(6)7/h8,10-11H,4-7H2,1-3H3;2*2H2,1H3,(H,6,7). The molecule has 1 atom stereocenters. The molecule has 148 valence electrons. The van der Waals surface area contributed by atoms with Gasteiger partial charge in [0.1, 0.15) is 24.4 Å². The van der Waals surface area contributed by atoms with Crippen LogP contribution in [0, 0.1) is 5.92 Å². The predicted octanol–water partition coefficient (Wildman–Crippen LogP) is 2.00. The molecule has 1 unspecified atom stereocenters. The minimum Gasteiger partial charge on any atom is -0.481 e. The third-order valence-corrected chi connectivity index (χ3v) is 3.10. The maximum Gasteiger partial charge on any atom is 0.310 e. The van der Waals surface area contributed by atoms with E-state index in [2.05, 4.69) is 6.92 Å². The molecule has 25 heavy (non-hydrogen) atoms. The number of carboxylic acids is 2. The highest BCUT2D eigenvalue weighted by molar-refractivity contribution is 5.93. The van der Waals surface area contributed by atoms with Gasteiger partial charge in [-0.25, -0.2) is 0 Å². The topological polar surface area (TPSA) is 149 Å². The molecule has 0 aromatic rings. The number of carbonyl (C=O) groups is 4. The van der Waals surface area contributed by atoms with Gasteiger partial charge in [-0.05, 0) is 26.7 Å². The van der Waals surface area contributed by atoms with Crippen molar-refractivity contribution in [2.75, 3.05) is 0 Å². The van der Waals surface area contributed by atoms with Crippen LogP contribution in [0.25, 0.3) is 0 Å². The fraction of sp³-hybridized carbons (Fsp3) is 0.765. The summed E-state index contributed by atoms with van der Waals surface area (Å²) >= 11 is 0. The van der Waals surface area contributed by atoms with Crippen molar-refractivity contribution >= 4 is 23.5 Å². The molecule has 0 aliphatic carbocycles. The summed E-state index contributed by atoms with van der Waals surface area (Å²) in [6, 6.07) is 0. The lowest BCUT2D eigenvalue weighted by atomic mass is 9.93. The van der Waals surface area contributed by atoms with Gasteiger partial charge in [0.05, 0.1) is 0 Å². The van der Waals surface area contributed by atoms with E-state index in [9.17, 15) is 29.4 Å². The molecule has 0 rings (SSSR count). The second-order valence-corrected chi connectivity index (χ2v) is 5.82. The molecule has 0 aliphatic heterocycles. The Bertz CT molecular complexity index is 365. The Morgan fingerprint density at radius 3 is 1.40 bits per heavy atom. The SMILES string of the molecule is CC(=O)CC(=O)O.CC(=O)CC(=O)O.CCCCC(C)C(O)(O)CC.